The van der Waals surface area contributed by atoms with Gasteiger partial charge >= 0.3 is 0 Å². The molecule has 2 bridgehead atoms. The highest BCUT2D eigenvalue weighted by Crippen LogP contribution is 2.41. The molecule has 110 valence electrons. The molecular formula is C12H18N3O4P. The van der Waals surface area contributed by atoms with E-state index in [9.17, 15) is 14.4 Å². The number of fused-ring (bicyclic) bond motifs is 2. The van der Waals surface area contributed by atoms with E-state index < -0.39 is 0 Å². The quantitative estimate of drug-likeness (QED) is 0.743. The average Bonchev–Trinajstić information content (AvgIpc) is 2.94. The molecule has 0 radical (unpaired) electrons. The van der Waals surface area contributed by atoms with Gasteiger partial charge in [0.15, 0.2) is 0 Å². The largest absolute Gasteiger partial charge is 0.273 e. The summed E-state index contributed by atoms with van der Waals surface area (Å²) in [5.74, 6) is -1.10. The molecule has 2 heterocycles. The maximum atomic E-state index is 12.3. The number of nitrogens with zero attached hydrogens (tertiary/aromatic N) is 2. The summed E-state index contributed by atoms with van der Waals surface area (Å²) in [5.41, 5.74) is 2.66. The lowest BCUT2D eigenvalue weighted by Gasteiger charge is -2.27. The Morgan fingerprint density at radius 2 is 2.15 bits per heavy atom. The number of carbonyl (C=O) groups excluding carboxylic acids is 3. The van der Waals surface area contributed by atoms with Crippen molar-refractivity contribution in [3.63, 3.8) is 0 Å². The third-order valence-corrected chi connectivity index (χ3v) is 4.68. The summed E-state index contributed by atoms with van der Waals surface area (Å²) >= 11 is 0. The molecule has 3 amide bonds. The van der Waals surface area contributed by atoms with Gasteiger partial charge in [0.25, 0.3) is 5.91 Å². The molecule has 2 aliphatic heterocycles. The first-order valence-electron chi connectivity index (χ1n) is 6.92. The van der Waals surface area contributed by atoms with Crippen molar-refractivity contribution in [3.05, 3.63) is 0 Å². The summed E-state index contributed by atoms with van der Waals surface area (Å²) in [5, 5.41) is 2.74. The Labute approximate surface area is 119 Å². The third kappa shape index (κ3) is 2.19. The lowest BCUT2D eigenvalue weighted by Crippen LogP contribution is -2.48. The molecule has 0 aromatic heterocycles. The smallest absolute Gasteiger partial charge is 0.250 e. The van der Waals surface area contributed by atoms with E-state index in [4.69, 9.17) is 4.62 Å². The second-order valence-electron chi connectivity index (χ2n) is 5.57. The predicted octanol–water partition coefficient (Wildman–Crippen LogP) is -0.0112. The van der Waals surface area contributed by atoms with Gasteiger partial charge in [0.05, 0.1) is 17.9 Å². The van der Waals surface area contributed by atoms with Gasteiger partial charge in [0, 0.05) is 22.4 Å². The van der Waals surface area contributed by atoms with Crippen molar-refractivity contribution in [1.29, 1.82) is 0 Å². The van der Waals surface area contributed by atoms with Crippen molar-refractivity contribution in [3.8, 4) is 0 Å². The van der Waals surface area contributed by atoms with Gasteiger partial charge in [0.1, 0.15) is 0 Å². The van der Waals surface area contributed by atoms with E-state index in [1.807, 2.05) is 0 Å². The Bertz CT molecular complexity index is 458. The van der Waals surface area contributed by atoms with Gasteiger partial charge in [-0.25, -0.2) is 5.06 Å². The summed E-state index contributed by atoms with van der Waals surface area (Å²) in [6.45, 7) is 0.555. The normalized spacial score (nSPS) is 33.0. The molecule has 4 atom stereocenters. The molecule has 0 aromatic rings. The molecule has 2 unspecified atom stereocenters. The first kappa shape index (κ1) is 13.8. The first-order chi connectivity index (χ1) is 9.61. The zero-order valence-corrected chi connectivity index (χ0v) is 12.2. The molecule has 1 aliphatic carbocycles. The number of amides is 3. The molecule has 0 spiro atoms. The van der Waals surface area contributed by atoms with Crippen LogP contribution in [-0.2, 0) is 19.0 Å². The summed E-state index contributed by atoms with van der Waals surface area (Å²) in [7, 11) is 2.09. The summed E-state index contributed by atoms with van der Waals surface area (Å²) in [6.07, 6.45) is 3.30. The number of carbonyl (C=O) groups is 3. The van der Waals surface area contributed by atoms with Crippen molar-refractivity contribution in [1.82, 2.24) is 15.5 Å². The van der Waals surface area contributed by atoms with Crippen LogP contribution < -0.4 is 5.43 Å². The number of nitrogens with one attached hydrogen (secondary N) is 1. The summed E-state index contributed by atoms with van der Waals surface area (Å²) in [4.78, 5) is 36.0. The van der Waals surface area contributed by atoms with Gasteiger partial charge < -0.3 is 0 Å². The molecule has 3 rings (SSSR count). The molecule has 8 heteroatoms. The highest BCUT2D eigenvalue weighted by molar-refractivity contribution is 7.09. The number of hydrazine groups is 1. The van der Waals surface area contributed by atoms with Crippen LogP contribution in [-0.4, -0.2) is 40.4 Å². The number of hydroxylamine groups is 2. The Balaban J connectivity index is 1.67. The van der Waals surface area contributed by atoms with Gasteiger partial charge in [-0.2, -0.15) is 0 Å². The Kier molecular flexibility index (Phi) is 3.65. The molecule has 1 N–H and O–H groups in total. The molecular weight excluding hydrogens is 281 g/mol. The fourth-order valence-corrected chi connectivity index (χ4v) is 3.69. The van der Waals surface area contributed by atoms with Crippen LogP contribution in [0.5, 0.6) is 0 Å². The number of hydrogen-bond donors (Lipinski definition) is 1. The van der Waals surface area contributed by atoms with Crippen LogP contribution in [0.4, 0.5) is 0 Å². The minimum Gasteiger partial charge on any atom is -0.273 e. The van der Waals surface area contributed by atoms with Crippen molar-refractivity contribution >= 4 is 27.2 Å². The summed E-state index contributed by atoms with van der Waals surface area (Å²) < 4.78 is 5.02. The topological polar surface area (TPSA) is 79.0 Å². The standard InChI is InChI=1S/C12H18N3O4P/c16-10-2-1-5-14(10)13-11(17)8-4-3-7-6-9(8)12(18)15(7)19-20/h7-9H,1-6,20H2,(H,13,17)/t7-,8+,9?/m0/s1. The van der Waals surface area contributed by atoms with E-state index in [0.29, 0.717) is 25.8 Å². The van der Waals surface area contributed by atoms with Crippen LogP contribution in [0.25, 0.3) is 0 Å². The van der Waals surface area contributed by atoms with Crippen LogP contribution in [0, 0.1) is 11.8 Å². The van der Waals surface area contributed by atoms with Gasteiger partial charge in [-0.1, -0.05) is 0 Å². The van der Waals surface area contributed by atoms with Crippen molar-refractivity contribution < 1.29 is 19.0 Å². The van der Waals surface area contributed by atoms with Crippen LogP contribution >= 0.6 is 9.47 Å². The summed E-state index contributed by atoms with van der Waals surface area (Å²) in [6, 6.07) is 0.0717. The number of rotatable bonds is 3. The zero-order chi connectivity index (χ0) is 14.3. The third-order valence-electron chi connectivity index (χ3n) is 4.46. The lowest BCUT2D eigenvalue weighted by molar-refractivity contribution is -0.156. The van der Waals surface area contributed by atoms with Crippen LogP contribution in [0.15, 0.2) is 0 Å². The highest BCUT2D eigenvalue weighted by atomic mass is 31.0. The fourth-order valence-electron chi connectivity index (χ4n) is 3.41. The van der Waals surface area contributed by atoms with Crippen molar-refractivity contribution in [2.45, 2.75) is 38.1 Å². The monoisotopic (exact) mass is 299 g/mol. The molecule has 0 aromatic carbocycles. The Morgan fingerprint density at radius 1 is 1.35 bits per heavy atom. The Morgan fingerprint density at radius 3 is 2.80 bits per heavy atom. The predicted molar refractivity (Wildman–Crippen MR) is 71.3 cm³/mol. The van der Waals surface area contributed by atoms with E-state index in [1.54, 1.807) is 0 Å². The van der Waals surface area contributed by atoms with Crippen molar-refractivity contribution in [2.24, 2.45) is 11.8 Å². The van der Waals surface area contributed by atoms with Gasteiger partial charge in [-0.3, -0.25) is 29.4 Å². The minimum atomic E-state index is -0.364. The molecule has 2 saturated heterocycles. The number of hydrogen-bond acceptors (Lipinski definition) is 4. The molecule has 3 fully saturated rings. The van der Waals surface area contributed by atoms with E-state index in [-0.39, 0.29) is 35.6 Å². The maximum Gasteiger partial charge on any atom is 0.250 e. The minimum absolute atomic E-state index is 0.0558. The van der Waals surface area contributed by atoms with Crippen molar-refractivity contribution in [2.75, 3.05) is 6.54 Å². The van der Waals surface area contributed by atoms with E-state index in [2.05, 4.69) is 14.9 Å². The zero-order valence-electron chi connectivity index (χ0n) is 11.1. The van der Waals surface area contributed by atoms with Crippen LogP contribution in [0.3, 0.4) is 0 Å². The first-order valence-corrected chi connectivity index (χ1v) is 7.39. The molecule has 7 nitrogen and oxygen atoms in total. The van der Waals surface area contributed by atoms with E-state index >= 15 is 0 Å². The highest BCUT2D eigenvalue weighted by Gasteiger charge is 2.50. The average molecular weight is 299 g/mol. The molecule has 3 aliphatic rings. The second-order valence-corrected chi connectivity index (χ2v) is 5.79. The van der Waals surface area contributed by atoms with E-state index in [0.717, 1.165) is 12.8 Å². The maximum absolute atomic E-state index is 12.3. The fraction of sp³-hybridized carbons (Fsp3) is 0.750. The van der Waals surface area contributed by atoms with Gasteiger partial charge in [-0.05, 0) is 25.7 Å². The molecule has 1 saturated carbocycles. The molecule has 20 heavy (non-hydrogen) atoms. The lowest BCUT2D eigenvalue weighted by atomic mass is 9.79. The second kappa shape index (κ2) is 5.30. The van der Waals surface area contributed by atoms with Gasteiger partial charge in [-0.15, -0.1) is 0 Å². The van der Waals surface area contributed by atoms with Crippen LogP contribution in [0.2, 0.25) is 0 Å². The SMILES string of the molecule is O=C(NN1CCCC1=O)[C@@H]1CC[C@H]2CC1C(=O)N2OP. The van der Waals surface area contributed by atoms with Gasteiger partial charge in [0.2, 0.25) is 11.8 Å². The van der Waals surface area contributed by atoms with E-state index in [1.165, 1.54) is 10.1 Å². The Hall–Kier alpha value is -1.20. The van der Waals surface area contributed by atoms with Crippen LogP contribution in [0.1, 0.15) is 32.1 Å².